The van der Waals surface area contributed by atoms with Crippen LogP contribution >= 0.6 is 0 Å². The molecule has 0 aromatic heterocycles. The van der Waals surface area contributed by atoms with Gasteiger partial charge >= 0.3 is 0 Å². The molecule has 3 N–H and O–H groups in total. The van der Waals surface area contributed by atoms with Crippen LogP contribution in [-0.4, -0.2) is 23.9 Å². The van der Waals surface area contributed by atoms with Crippen molar-refractivity contribution in [3.63, 3.8) is 0 Å². The summed E-state index contributed by atoms with van der Waals surface area (Å²) < 4.78 is 18.7. The summed E-state index contributed by atoms with van der Waals surface area (Å²) in [5.41, 5.74) is 4.51. The first-order valence-corrected chi connectivity index (χ1v) is 12.1. The number of hydrogen-bond acceptors (Lipinski definition) is 5. The molecule has 3 aromatic rings. The average molecular weight is 499 g/mol. The van der Waals surface area contributed by atoms with Gasteiger partial charge in [-0.25, -0.2) is 4.39 Å². The molecule has 1 heterocycles. The number of allylic oxidation sites excluding steroid dienone is 3. The van der Waals surface area contributed by atoms with Crippen molar-refractivity contribution in [2.75, 3.05) is 12.4 Å². The second-order valence-corrected chi connectivity index (χ2v) is 9.32. The first-order valence-electron chi connectivity index (χ1n) is 12.1. The van der Waals surface area contributed by atoms with Gasteiger partial charge < -0.3 is 20.5 Å². The smallest absolute Gasteiger partial charge is 0.254 e. The second kappa shape index (κ2) is 9.93. The van der Waals surface area contributed by atoms with Crippen LogP contribution in [0.1, 0.15) is 42.7 Å². The summed E-state index contributed by atoms with van der Waals surface area (Å²) in [6.07, 6.45) is 0.948. The number of phenolic OH excluding ortho intramolecular Hbond substituents is 1. The van der Waals surface area contributed by atoms with Gasteiger partial charge in [0.25, 0.3) is 5.91 Å². The molecule has 0 fully saturated rings. The number of hydrogen-bond donors (Lipinski definition) is 3. The van der Waals surface area contributed by atoms with Crippen LogP contribution in [0.3, 0.4) is 0 Å². The van der Waals surface area contributed by atoms with E-state index in [1.165, 1.54) is 37.4 Å². The Morgan fingerprint density at radius 2 is 1.76 bits per heavy atom. The molecule has 6 nitrogen and oxygen atoms in total. The highest BCUT2D eigenvalue weighted by Crippen LogP contribution is 2.46. The van der Waals surface area contributed by atoms with E-state index in [1.807, 2.05) is 37.3 Å². The minimum Gasteiger partial charge on any atom is -0.504 e. The maximum absolute atomic E-state index is 13.7. The molecule has 37 heavy (non-hydrogen) atoms. The van der Waals surface area contributed by atoms with Gasteiger partial charge in [-0.2, -0.15) is 0 Å². The van der Waals surface area contributed by atoms with E-state index in [2.05, 4.69) is 10.6 Å². The number of phenols is 1. The number of dihydropyridines is 1. The molecule has 0 unspecified atom stereocenters. The summed E-state index contributed by atoms with van der Waals surface area (Å²) in [6.45, 7) is 1.81. The van der Waals surface area contributed by atoms with Crippen LogP contribution in [0.5, 0.6) is 11.5 Å². The largest absolute Gasteiger partial charge is 0.504 e. The molecule has 2 aliphatic rings. The van der Waals surface area contributed by atoms with Crippen LogP contribution in [0, 0.1) is 5.82 Å². The van der Waals surface area contributed by atoms with Crippen LogP contribution in [0.2, 0.25) is 0 Å². The number of Topliss-reactive ketones (excluding diaryl/α,β-unsaturated/α-hetero) is 1. The molecule has 0 saturated heterocycles. The van der Waals surface area contributed by atoms with Gasteiger partial charge in [-0.3, -0.25) is 9.59 Å². The first-order chi connectivity index (χ1) is 17.9. The molecular weight excluding hydrogens is 471 g/mol. The Bertz CT molecular complexity index is 1430. The van der Waals surface area contributed by atoms with Crippen molar-refractivity contribution in [2.24, 2.45) is 0 Å². The summed E-state index contributed by atoms with van der Waals surface area (Å²) in [5, 5.41) is 16.4. The van der Waals surface area contributed by atoms with E-state index < -0.39 is 17.6 Å². The van der Waals surface area contributed by atoms with Crippen molar-refractivity contribution in [1.29, 1.82) is 0 Å². The molecule has 5 rings (SSSR count). The predicted molar refractivity (Wildman–Crippen MR) is 139 cm³/mol. The zero-order chi connectivity index (χ0) is 26.1. The number of amides is 1. The van der Waals surface area contributed by atoms with Crippen LogP contribution in [-0.2, 0) is 9.59 Å². The zero-order valence-electron chi connectivity index (χ0n) is 20.5. The quantitative estimate of drug-likeness (QED) is 0.430. The Labute approximate surface area is 214 Å². The fourth-order valence-corrected chi connectivity index (χ4v) is 5.24. The normalized spacial score (nSPS) is 19.3. The van der Waals surface area contributed by atoms with Crippen LogP contribution in [0.15, 0.2) is 95.3 Å². The van der Waals surface area contributed by atoms with Crippen LogP contribution in [0.4, 0.5) is 10.1 Å². The predicted octanol–water partition coefficient (Wildman–Crippen LogP) is 5.54. The Morgan fingerprint density at radius 1 is 1.03 bits per heavy atom. The van der Waals surface area contributed by atoms with Gasteiger partial charge in [0, 0.05) is 40.6 Å². The Hall–Kier alpha value is -4.39. The number of ether oxygens (including phenoxy) is 1. The van der Waals surface area contributed by atoms with Gasteiger partial charge in [0.2, 0.25) is 0 Å². The highest BCUT2D eigenvalue weighted by molar-refractivity contribution is 6.10. The molecule has 0 radical (unpaired) electrons. The minimum atomic E-state index is -0.671. The lowest BCUT2D eigenvalue weighted by molar-refractivity contribution is -0.116. The number of benzene rings is 3. The summed E-state index contributed by atoms with van der Waals surface area (Å²) in [5.74, 6) is -1.28. The number of halogens is 1. The fourth-order valence-electron chi connectivity index (χ4n) is 5.24. The van der Waals surface area contributed by atoms with Crippen molar-refractivity contribution in [2.45, 2.75) is 31.6 Å². The minimum absolute atomic E-state index is 0.0253. The highest BCUT2D eigenvalue weighted by atomic mass is 19.1. The standard InChI is InChI=1S/C30H27FN2O4/c1-17-27(30(36)33-22-11-9-21(31)10-12-22)28(19-8-13-24(34)26(16-19)37-2)29-23(32-17)14-20(15-25(29)35)18-6-4-3-5-7-18/h3-13,16,20,28,32,34H,14-15H2,1-2H3,(H,33,36)/t20-,28-/m0/s1. The third-order valence-electron chi connectivity index (χ3n) is 6.98. The lowest BCUT2D eigenvalue weighted by Gasteiger charge is -2.37. The van der Waals surface area contributed by atoms with E-state index in [1.54, 1.807) is 12.1 Å². The first kappa shape index (κ1) is 24.3. The lowest BCUT2D eigenvalue weighted by atomic mass is 9.71. The Balaban J connectivity index is 1.59. The molecule has 2 atom stereocenters. The monoisotopic (exact) mass is 498 g/mol. The van der Waals surface area contributed by atoms with Gasteiger partial charge in [-0.05, 0) is 66.8 Å². The van der Waals surface area contributed by atoms with Gasteiger partial charge in [-0.15, -0.1) is 0 Å². The number of anilines is 1. The molecule has 1 aliphatic carbocycles. The number of rotatable bonds is 5. The van der Waals surface area contributed by atoms with E-state index in [9.17, 15) is 19.1 Å². The number of carbonyl (C=O) groups is 2. The van der Waals surface area contributed by atoms with Gasteiger partial charge in [0.05, 0.1) is 7.11 Å². The maximum atomic E-state index is 13.7. The van der Waals surface area contributed by atoms with Crippen molar-refractivity contribution < 1.29 is 23.8 Å². The van der Waals surface area contributed by atoms with E-state index in [0.717, 1.165) is 11.3 Å². The summed E-state index contributed by atoms with van der Waals surface area (Å²) in [6, 6.07) is 20.3. The zero-order valence-corrected chi connectivity index (χ0v) is 20.5. The molecule has 1 aliphatic heterocycles. The number of aromatic hydroxyl groups is 1. The molecule has 0 spiro atoms. The highest BCUT2D eigenvalue weighted by Gasteiger charge is 2.41. The maximum Gasteiger partial charge on any atom is 0.254 e. The summed E-state index contributed by atoms with van der Waals surface area (Å²) >= 11 is 0. The Morgan fingerprint density at radius 3 is 2.46 bits per heavy atom. The number of nitrogens with one attached hydrogen (secondary N) is 2. The number of carbonyl (C=O) groups excluding carboxylic acids is 2. The average Bonchev–Trinajstić information content (AvgIpc) is 2.90. The summed E-state index contributed by atoms with van der Waals surface area (Å²) in [7, 11) is 1.45. The number of ketones is 1. The third-order valence-corrected chi connectivity index (χ3v) is 6.98. The molecule has 0 saturated carbocycles. The van der Waals surface area contributed by atoms with Gasteiger partial charge in [-0.1, -0.05) is 36.4 Å². The van der Waals surface area contributed by atoms with E-state index >= 15 is 0 Å². The van der Waals surface area contributed by atoms with Gasteiger partial charge in [0.1, 0.15) is 5.82 Å². The van der Waals surface area contributed by atoms with Crippen LogP contribution in [0.25, 0.3) is 0 Å². The fraction of sp³-hybridized carbons (Fsp3) is 0.200. The van der Waals surface area contributed by atoms with Crippen molar-refractivity contribution in [3.8, 4) is 11.5 Å². The molecule has 1 amide bonds. The Kier molecular flexibility index (Phi) is 6.53. The van der Waals surface area contributed by atoms with Crippen molar-refractivity contribution in [1.82, 2.24) is 5.32 Å². The van der Waals surface area contributed by atoms with Crippen molar-refractivity contribution >= 4 is 17.4 Å². The molecule has 7 heteroatoms. The molecule has 3 aromatic carbocycles. The number of methoxy groups -OCH3 is 1. The van der Waals surface area contributed by atoms with E-state index in [4.69, 9.17) is 4.74 Å². The van der Waals surface area contributed by atoms with E-state index in [0.29, 0.717) is 40.9 Å². The van der Waals surface area contributed by atoms with Crippen molar-refractivity contribution in [3.05, 3.63) is 112 Å². The second-order valence-electron chi connectivity index (χ2n) is 9.32. The lowest BCUT2D eigenvalue weighted by Crippen LogP contribution is -2.37. The van der Waals surface area contributed by atoms with Crippen LogP contribution < -0.4 is 15.4 Å². The van der Waals surface area contributed by atoms with E-state index in [-0.39, 0.29) is 23.2 Å². The topological polar surface area (TPSA) is 87.7 Å². The third kappa shape index (κ3) is 4.72. The SMILES string of the molecule is COc1cc([C@H]2C(C(=O)Nc3ccc(F)cc3)=C(C)NC3=C2C(=O)C[C@@H](c2ccccc2)C3)ccc1O. The summed E-state index contributed by atoms with van der Waals surface area (Å²) in [4.78, 5) is 27.3. The molecule has 188 valence electrons. The van der Waals surface area contributed by atoms with Gasteiger partial charge in [0.15, 0.2) is 17.3 Å². The molecule has 0 bridgehead atoms. The molecular formula is C30H27FN2O4.